The van der Waals surface area contributed by atoms with E-state index in [-0.39, 0.29) is 0 Å². The van der Waals surface area contributed by atoms with Crippen molar-refractivity contribution >= 4 is 11.5 Å². The molecular formula is C13H22N4O. The Morgan fingerprint density at radius 1 is 1.44 bits per heavy atom. The highest BCUT2D eigenvalue weighted by Crippen LogP contribution is 2.12. The molecule has 3 N–H and O–H groups in total. The van der Waals surface area contributed by atoms with E-state index in [1.165, 1.54) is 0 Å². The Bertz CT molecular complexity index is 377. The average molecular weight is 250 g/mol. The molecule has 1 saturated heterocycles. The molecule has 18 heavy (non-hydrogen) atoms. The van der Waals surface area contributed by atoms with Crippen LogP contribution in [0.3, 0.4) is 0 Å². The number of aryl methyl sites for hydroxylation is 1. The Labute approximate surface area is 108 Å². The fraction of sp³-hybridized carbons (Fsp3) is 0.615. The number of nitrogens with two attached hydrogens (primary N) is 1. The third-order valence-electron chi connectivity index (χ3n) is 3.21. The highest BCUT2D eigenvalue weighted by atomic mass is 16.5. The second-order valence-electron chi connectivity index (χ2n) is 4.66. The van der Waals surface area contributed by atoms with Crippen LogP contribution in [0.4, 0.5) is 11.5 Å². The number of aromatic nitrogens is 1. The lowest BCUT2D eigenvalue weighted by molar-refractivity contribution is 0.0378. The molecule has 0 atom stereocenters. The van der Waals surface area contributed by atoms with E-state index in [1.54, 1.807) is 6.20 Å². The number of anilines is 2. The van der Waals surface area contributed by atoms with Gasteiger partial charge in [-0.1, -0.05) is 0 Å². The van der Waals surface area contributed by atoms with Crippen molar-refractivity contribution in [3.8, 4) is 0 Å². The predicted octanol–water partition coefficient (Wildman–Crippen LogP) is 1.11. The fourth-order valence-corrected chi connectivity index (χ4v) is 2.01. The normalized spacial score (nSPS) is 16.7. The van der Waals surface area contributed by atoms with Crippen molar-refractivity contribution < 1.29 is 4.74 Å². The number of rotatable bonds is 5. The molecule has 0 amide bonds. The number of pyridine rings is 1. The van der Waals surface area contributed by atoms with E-state index in [2.05, 4.69) is 15.2 Å². The van der Waals surface area contributed by atoms with Crippen LogP contribution < -0.4 is 11.1 Å². The number of nitrogens with one attached hydrogen (secondary N) is 1. The Hall–Kier alpha value is -1.33. The summed E-state index contributed by atoms with van der Waals surface area (Å²) in [5, 5.41) is 3.33. The lowest BCUT2D eigenvalue weighted by Gasteiger charge is -2.26. The van der Waals surface area contributed by atoms with E-state index >= 15 is 0 Å². The lowest BCUT2D eigenvalue weighted by Crippen LogP contribution is -2.37. The van der Waals surface area contributed by atoms with E-state index in [0.717, 1.165) is 62.9 Å². The molecule has 5 nitrogen and oxygen atoms in total. The first-order chi connectivity index (χ1) is 8.75. The molecule has 100 valence electrons. The zero-order valence-electron chi connectivity index (χ0n) is 11.0. The van der Waals surface area contributed by atoms with Crippen LogP contribution in [0, 0.1) is 6.92 Å². The first-order valence-electron chi connectivity index (χ1n) is 6.52. The van der Waals surface area contributed by atoms with Crippen molar-refractivity contribution in [3.63, 3.8) is 0 Å². The molecule has 1 aliphatic rings. The fourth-order valence-electron chi connectivity index (χ4n) is 2.01. The number of nitrogen functional groups attached to an aromatic ring is 1. The molecule has 1 fully saturated rings. The Balaban J connectivity index is 1.66. The van der Waals surface area contributed by atoms with Gasteiger partial charge < -0.3 is 15.8 Å². The van der Waals surface area contributed by atoms with Crippen molar-refractivity contribution in [2.24, 2.45) is 0 Å². The molecule has 0 unspecified atom stereocenters. The summed E-state index contributed by atoms with van der Waals surface area (Å²) in [5.74, 6) is 0.906. The van der Waals surface area contributed by atoms with Gasteiger partial charge in [-0.3, -0.25) is 4.90 Å². The molecule has 1 aliphatic heterocycles. The summed E-state index contributed by atoms with van der Waals surface area (Å²) in [4.78, 5) is 6.69. The Morgan fingerprint density at radius 2 is 2.22 bits per heavy atom. The van der Waals surface area contributed by atoms with Crippen LogP contribution in [0.5, 0.6) is 0 Å². The van der Waals surface area contributed by atoms with E-state index in [1.807, 2.05) is 13.0 Å². The zero-order chi connectivity index (χ0) is 12.8. The average Bonchev–Trinajstić information content (AvgIpc) is 2.40. The van der Waals surface area contributed by atoms with Crippen LogP contribution in [0.2, 0.25) is 0 Å². The molecule has 1 aromatic rings. The molecule has 5 heteroatoms. The Kier molecular flexibility index (Phi) is 4.78. The molecule has 0 aromatic carbocycles. The van der Waals surface area contributed by atoms with Crippen molar-refractivity contribution in [2.45, 2.75) is 13.3 Å². The maximum absolute atomic E-state index is 5.73. The molecular weight excluding hydrogens is 228 g/mol. The predicted molar refractivity (Wildman–Crippen MR) is 73.8 cm³/mol. The number of hydrogen-bond acceptors (Lipinski definition) is 5. The van der Waals surface area contributed by atoms with Gasteiger partial charge in [-0.05, 0) is 31.5 Å². The number of nitrogens with zero attached hydrogens (tertiary/aromatic N) is 2. The first kappa shape index (κ1) is 13.1. The highest BCUT2D eigenvalue weighted by molar-refractivity contribution is 5.50. The largest absolute Gasteiger partial charge is 0.397 e. The number of ether oxygens (including phenoxy) is 1. The molecule has 2 heterocycles. The second-order valence-corrected chi connectivity index (χ2v) is 4.66. The molecule has 2 rings (SSSR count). The number of morpholine rings is 1. The SMILES string of the molecule is Cc1cc(NCCCN2CCOCC2)ncc1N. The van der Waals surface area contributed by atoms with Crippen LogP contribution in [0.25, 0.3) is 0 Å². The van der Waals surface area contributed by atoms with Gasteiger partial charge in [0.05, 0.1) is 25.1 Å². The van der Waals surface area contributed by atoms with Crippen molar-refractivity contribution in [1.82, 2.24) is 9.88 Å². The minimum Gasteiger partial charge on any atom is -0.397 e. The van der Waals surface area contributed by atoms with Gasteiger partial charge in [0, 0.05) is 19.6 Å². The summed E-state index contributed by atoms with van der Waals surface area (Å²) in [5.41, 5.74) is 7.55. The quantitative estimate of drug-likeness (QED) is 0.766. The topological polar surface area (TPSA) is 63.4 Å². The van der Waals surface area contributed by atoms with Crippen LogP contribution in [-0.4, -0.2) is 49.3 Å². The lowest BCUT2D eigenvalue weighted by atomic mass is 10.2. The van der Waals surface area contributed by atoms with Gasteiger partial charge in [0.25, 0.3) is 0 Å². The monoisotopic (exact) mass is 250 g/mol. The van der Waals surface area contributed by atoms with Gasteiger partial charge in [-0.2, -0.15) is 0 Å². The molecule has 1 aromatic heterocycles. The molecule has 0 aliphatic carbocycles. The van der Waals surface area contributed by atoms with Gasteiger partial charge in [0.15, 0.2) is 0 Å². The minimum absolute atomic E-state index is 0.744. The van der Waals surface area contributed by atoms with Crippen LogP contribution in [0.1, 0.15) is 12.0 Å². The maximum atomic E-state index is 5.73. The van der Waals surface area contributed by atoms with Gasteiger partial charge in [-0.15, -0.1) is 0 Å². The van der Waals surface area contributed by atoms with Crippen molar-refractivity contribution in [3.05, 3.63) is 17.8 Å². The van der Waals surface area contributed by atoms with E-state index in [4.69, 9.17) is 10.5 Å². The molecule has 0 radical (unpaired) electrons. The summed E-state index contributed by atoms with van der Waals surface area (Å²) >= 11 is 0. The maximum Gasteiger partial charge on any atom is 0.126 e. The van der Waals surface area contributed by atoms with Crippen LogP contribution >= 0.6 is 0 Å². The zero-order valence-corrected chi connectivity index (χ0v) is 11.0. The summed E-state index contributed by atoms with van der Waals surface area (Å²) in [6.07, 6.45) is 2.82. The third kappa shape index (κ3) is 3.85. The second kappa shape index (κ2) is 6.56. The van der Waals surface area contributed by atoms with Crippen molar-refractivity contribution in [1.29, 1.82) is 0 Å². The molecule has 0 saturated carbocycles. The van der Waals surface area contributed by atoms with E-state index in [0.29, 0.717) is 0 Å². The summed E-state index contributed by atoms with van der Waals surface area (Å²) in [7, 11) is 0. The van der Waals surface area contributed by atoms with Gasteiger partial charge in [-0.25, -0.2) is 4.98 Å². The summed E-state index contributed by atoms with van der Waals surface area (Å²) < 4.78 is 5.32. The summed E-state index contributed by atoms with van der Waals surface area (Å²) in [6, 6.07) is 1.99. The smallest absolute Gasteiger partial charge is 0.126 e. The minimum atomic E-state index is 0.744. The van der Waals surface area contributed by atoms with Gasteiger partial charge in [0.2, 0.25) is 0 Å². The number of hydrogen-bond donors (Lipinski definition) is 2. The molecule has 0 bridgehead atoms. The van der Waals surface area contributed by atoms with Crippen LogP contribution in [-0.2, 0) is 4.74 Å². The Morgan fingerprint density at radius 3 is 2.94 bits per heavy atom. The summed E-state index contributed by atoms with van der Waals surface area (Å²) in [6.45, 7) is 7.89. The standard InChI is InChI=1S/C13H22N4O/c1-11-9-13(16-10-12(11)14)15-3-2-4-17-5-7-18-8-6-17/h9-10H,2-8,14H2,1H3,(H,15,16). The van der Waals surface area contributed by atoms with E-state index < -0.39 is 0 Å². The molecule has 0 spiro atoms. The third-order valence-corrected chi connectivity index (χ3v) is 3.21. The highest BCUT2D eigenvalue weighted by Gasteiger charge is 2.09. The van der Waals surface area contributed by atoms with Crippen LogP contribution in [0.15, 0.2) is 12.3 Å². The van der Waals surface area contributed by atoms with Gasteiger partial charge >= 0.3 is 0 Å². The van der Waals surface area contributed by atoms with Gasteiger partial charge in [0.1, 0.15) is 5.82 Å². The van der Waals surface area contributed by atoms with Crippen molar-refractivity contribution in [2.75, 3.05) is 50.4 Å². The first-order valence-corrected chi connectivity index (χ1v) is 6.52. The van der Waals surface area contributed by atoms with E-state index in [9.17, 15) is 0 Å².